The predicted octanol–water partition coefficient (Wildman–Crippen LogP) is 2.76. The Bertz CT molecular complexity index is 384. The summed E-state index contributed by atoms with van der Waals surface area (Å²) in [5.74, 6) is 0.667. The van der Waals surface area contributed by atoms with Crippen molar-refractivity contribution in [3.8, 4) is 11.5 Å². The molecule has 0 aliphatic rings. The van der Waals surface area contributed by atoms with Gasteiger partial charge in [-0.15, -0.1) is 0 Å². The maximum Gasteiger partial charge on any atom is 0.225 e. The lowest BCUT2D eigenvalue weighted by Gasteiger charge is -1.99. The molecule has 0 atom stereocenters. The number of rotatable bonds is 1. The standard InChI is InChI=1S/C11H10NO/c1-8-5-9(2)7-10(6-8)11-12-3-4-13-11/h3-4,6-7H,1-2H3. The minimum absolute atomic E-state index is 0.667. The summed E-state index contributed by atoms with van der Waals surface area (Å²) >= 11 is 0. The average Bonchev–Trinajstić information content (AvgIpc) is 2.53. The van der Waals surface area contributed by atoms with Crippen molar-refractivity contribution < 1.29 is 4.42 Å². The molecule has 1 aromatic carbocycles. The topological polar surface area (TPSA) is 26.0 Å². The quantitative estimate of drug-likeness (QED) is 0.661. The van der Waals surface area contributed by atoms with Gasteiger partial charge in [-0.2, -0.15) is 0 Å². The van der Waals surface area contributed by atoms with Gasteiger partial charge in [0.25, 0.3) is 0 Å². The van der Waals surface area contributed by atoms with Gasteiger partial charge in [-0.25, -0.2) is 4.98 Å². The predicted molar refractivity (Wildman–Crippen MR) is 50.2 cm³/mol. The first-order valence-electron chi connectivity index (χ1n) is 4.16. The molecule has 0 spiro atoms. The number of aryl methyl sites for hydroxylation is 2. The highest BCUT2D eigenvalue weighted by molar-refractivity contribution is 5.55. The van der Waals surface area contributed by atoms with E-state index in [1.165, 1.54) is 0 Å². The number of hydrogen-bond acceptors (Lipinski definition) is 2. The lowest BCUT2D eigenvalue weighted by molar-refractivity contribution is 0.574. The maximum absolute atomic E-state index is 5.20. The molecule has 0 amide bonds. The summed E-state index contributed by atoms with van der Waals surface area (Å²) in [6.45, 7) is 4.03. The molecule has 0 saturated carbocycles. The van der Waals surface area contributed by atoms with Crippen LogP contribution in [0.25, 0.3) is 11.5 Å². The first-order chi connectivity index (χ1) is 6.25. The van der Waals surface area contributed by atoms with Gasteiger partial charge in [0.15, 0.2) is 0 Å². The maximum atomic E-state index is 5.20. The highest BCUT2D eigenvalue weighted by Crippen LogP contribution is 2.19. The van der Waals surface area contributed by atoms with Gasteiger partial charge >= 0.3 is 0 Å². The van der Waals surface area contributed by atoms with Gasteiger partial charge < -0.3 is 4.42 Å². The van der Waals surface area contributed by atoms with E-state index in [-0.39, 0.29) is 0 Å². The number of oxazole rings is 1. The molecular weight excluding hydrogens is 162 g/mol. The van der Waals surface area contributed by atoms with E-state index in [0.29, 0.717) is 5.89 Å². The summed E-state index contributed by atoms with van der Waals surface area (Å²) in [6, 6.07) is 7.23. The summed E-state index contributed by atoms with van der Waals surface area (Å²) in [7, 11) is 0. The van der Waals surface area contributed by atoms with Crippen molar-refractivity contribution in [2.75, 3.05) is 0 Å². The van der Waals surface area contributed by atoms with Crippen LogP contribution >= 0.6 is 0 Å². The largest absolute Gasteiger partial charge is 0.445 e. The van der Waals surface area contributed by atoms with Crippen LogP contribution in [0.15, 0.2) is 29.0 Å². The van der Waals surface area contributed by atoms with Crippen molar-refractivity contribution in [2.45, 2.75) is 13.8 Å². The Kier molecular flexibility index (Phi) is 1.89. The Morgan fingerprint density at radius 1 is 1.23 bits per heavy atom. The molecule has 0 N–H and O–H groups in total. The van der Waals surface area contributed by atoms with Gasteiger partial charge in [0, 0.05) is 5.56 Å². The normalized spacial score (nSPS) is 10.3. The Hall–Kier alpha value is -1.57. The van der Waals surface area contributed by atoms with Crippen molar-refractivity contribution >= 4 is 0 Å². The molecule has 0 unspecified atom stereocenters. The number of benzene rings is 1. The van der Waals surface area contributed by atoms with Gasteiger partial charge in [-0.3, -0.25) is 0 Å². The minimum atomic E-state index is 0.667. The van der Waals surface area contributed by atoms with Gasteiger partial charge in [-0.05, 0) is 43.2 Å². The van der Waals surface area contributed by atoms with Crippen LogP contribution in [0, 0.1) is 19.9 Å². The van der Waals surface area contributed by atoms with Crippen LogP contribution in [0.4, 0.5) is 0 Å². The third kappa shape index (κ3) is 1.61. The van der Waals surface area contributed by atoms with Gasteiger partial charge in [-0.1, -0.05) is 0 Å². The fourth-order valence-electron chi connectivity index (χ4n) is 1.38. The Morgan fingerprint density at radius 3 is 2.46 bits per heavy atom. The number of nitrogens with zero attached hydrogens (tertiary/aromatic N) is 1. The zero-order valence-corrected chi connectivity index (χ0v) is 7.66. The highest BCUT2D eigenvalue weighted by atomic mass is 16.3. The van der Waals surface area contributed by atoms with Crippen LogP contribution in [-0.2, 0) is 0 Å². The van der Waals surface area contributed by atoms with E-state index in [4.69, 9.17) is 4.42 Å². The Labute approximate surface area is 77.2 Å². The smallest absolute Gasteiger partial charge is 0.225 e. The van der Waals surface area contributed by atoms with E-state index in [9.17, 15) is 0 Å². The van der Waals surface area contributed by atoms with Gasteiger partial charge in [0.2, 0.25) is 5.89 Å². The van der Waals surface area contributed by atoms with Crippen LogP contribution in [0.1, 0.15) is 11.1 Å². The third-order valence-electron chi connectivity index (χ3n) is 1.82. The van der Waals surface area contributed by atoms with E-state index < -0.39 is 0 Å². The van der Waals surface area contributed by atoms with E-state index >= 15 is 0 Å². The van der Waals surface area contributed by atoms with Crippen LogP contribution in [-0.4, -0.2) is 4.98 Å². The summed E-state index contributed by atoms with van der Waals surface area (Å²) in [4.78, 5) is 4.09. The molecule has 0 saturated heterocycles. The molecule has 1 aromatic heterocycles. The third-order valence-corrected chi connectivity index (χ3v) is 1.82. The molecule has 2 heteroatoms. The second kappa shape index (κ2) is 3.05. The van der Waals surface area contributed by atoms with Crippen molar-refractivity contribution in [1.82, 2.24) is 4.98 Å². The van der Waals surface area contributed by atoms with Crippen molar-refractivity contribution in [3.63, 3.8) is 0 Å². The zero-order chi connectivity index (χ0) is 9.26. The number of aromatic nitrogens is 1. The molecule has 0 aliphatic heterocycles. The molecular formula is C11H10NO. The fourth-order valence-corrected chi connectivity index (χ4v) is 1.38. The molecule has 0 bridgehead atoms. The average molecular weight is 172 g/mol. The van der Waals surface area contributed by atoms with Gasteiger partial charge in [0.1, 0.15) is 6.26 Å². The molecule has 0 aliphatic carbocycles. The molecule has 2 nitrogen and oxygen atoms in total. The van der Waals surface area contributed by atoms with Crippen LogP contribution < -0.4 is 0 Å². The van der Waals surface area contributed by atoms with E-state index in [1.807, 2.05) is 26.0 Å². The van der Waals surface area contributed by atoms with E-state index in [0.717, 1.165) is 16.7 Å². The molecule has 1 heterocycles. The lowest BCUT2D eigenvalue weighted by atomic mass is 10.1. The van der Waals surface area contributed by atoms with E-state index in [2.05, 4.69) is 11.1 Å². The van der Waals surface area contributed by atoms with Crippen molar-refractivity contribution in [3.05, 3.63) is 41.8 Å². The SMILES string of the molecule is Cc1[c]c(C)cc(-c2ncco2)c1. The summed E-state index contributed by atoms with van der Waals surface area (Å²) < 4.78 is 5.20. The molecule has 0 fully saturated rings. The summed E-state index contributed by atoms with van der Waals surface area (Å²) in [6.07, 6.45) is 3.23. The Morgan fingerprint density at radius 2 is 1.92 bits per heavy atom. The highest BCUT2D eigenvalue weighted by Gasteiger charge is 2.02. The lowest BCUT2D eigenvalue weighted by Crippen LogP contribution is -1.82. The molecule has 13 heavy (non-hydrogen) atoms. The molecule has 2 rings (SSSR count). The summed E-state index contributed by atoms with van der Waals surface area (Å²) in [5, 5.41) is 0. The second-order valence-electron chi connectivity index (χ2n) is 3.07. The van der Waals surface area contributed by atoms with Crippen LogP contribution in [0.5, 0.6) is 0 Å². The molecule has 2 aromatic rings. The minimum Gasteiger partial charge on any atom is -0.445 e. The summed E-state index contributed by atoms with van der Waals surface area (Å²) in [5.41, 5.74) is 3.22. The first-order valence-corrected chi connectivity index (χ1v) is 4.16. The number of hydrogen-bond donors (Lipinski definition) is 0. The second-order valence-corrected chi connectivity index (χ2v) is 3.07. The van der Waals surface area contributed by atoms with Crippen LogP contribution in [0.3, 0.4) is 0 Å². The first kappa shape index (κ1) is 8.05. The van der Waals surface area contributed by atoms with E-state index in [1.54, 1.807) is 12.5 Å². The van der Waals surface area contributed by atoms with Crippen molar-refractivity contribution in [2.24, 2.45) is 0 Å². The fraction of sp³-hybridized carbons (Fsp3) is 0.182. The molecule has 1 radical (unpaired) electrons. The Balaban J connectivity index is 2.53. The van der Waals surface area contributed by atoms with Gasteiger partial charge in [0.05, 0.1) is 6.20 Å². The van der Waals surface area contributed by atoms with Crippen molar-refractivity contribution in [1.29, 1.82) is 0 Å². The molecule has 65 valence electrons. The monoisotopic (exact) mass is 172 g/mol. The van der Waals surface area contributed by atoms with Crippen LogP contribution in [0.2, 0.25) is 0 Å². The zero-order valence-electron chi connectivity index (χ0n) is 7.66.